The molecule has 0 aromatic heterocycles. The zero-order valence-electron chi connectivity index (χ0n) is 12.0. The summed E-state index contributed by atoms with van der Waals surface area (Å²) in [4.78, 5) is 14.6. The average molecular weight is 296 g/mol. The standard InChI is InChI=1S/C15H22ClN3O/c1-3-8-19(12-5-6-12)10(2)15(20)18-14-9-11(16)4-7-13(14)17/h4,7,9-10,12H,3,5-6,8,17H2,1-2H3,(H,18,20). The molecule has 110 valence electrons. The van der Waals surface area contributed by atoms with E-state index in [0.717, 1.165) is 13.0 Å². The second-order valence-electron chi connectivity index (χ2n) is 5.37. The molecule has 0 heterocycles. The Morgan fingerprint density at radius 1 is 1.55 bits per heavy atom. The largest absolute Gasteiger partial charge is 0.397 e. The van der Waals surface area contributed by atoms with Crippen molar-refractivity contribution in [1.29, 1.82) is 0 Å². The Bertz CT molecular complexity index is 488. The molecule has 4 nitrogen and oxygen atoms in total. The fraction of sp³-hybridized carbons (Fsp3) is 0.533. The Balaban J connectivity index is 2.04. The lowest BCUT2D eigenvalue weighted by Gasteiger charge is -2.28. The lowest BCUT2D eigenvalue weighted by molar-refractivity contribution is -0.121. The van der Waals surface area contributed by atoms with E-state index in [2.05, 4.69) is 17.1 Å². The lowest BCUT2D eigenvalue weighted by atomic mass is 10.2. The van der Waals surface area contributed by atoms with Gasteiger partial charge in [-0.2, -0.15) is 0 Å². The number of nitrogen functional groups attached to an aromatic ring is 1. The molecule has 1 fully saturated rings. The molecule has 1 saturated carbocycles. The van der Waals surface area contributed by atoms with Gasteiger partial charge in [0.2, 0.25) is 5.91 Å². The van der Waals surface area contributed by atoms with Crippen LogP contribution in [0.5, 0.6) is 0 Å². The van der Waals surface area contributed by atoms with Gasteiger partial charge in [-0.3, -0.25) is 9.69 Å². The summed E-state index contributed by atoms with van der Waals surface area (Å²) >= 11 is 5.94. The van der Waals surface area contributed by atoms with Crippen molar-refractivity contribution in [2.45, 2.75) is 45.2 Å². The van der Waals surface area contributed by atoms with E-state index in [1.807, 2.05) is 6.92 Å². The predicted octanol–water partition coefficient (Wildman–Crippen LogP) is 3.12. The van der Waals surface area contributed by atoms with Gasteiger partial charge in [-0.1, -0.05) is 18.5 Å². The summed E-state index contributed by atoms with van der Waals surface area (Å²) in [5.74, 6) is -0.0284. The lowest BCUT2D eigenvalue weighted by Crippen LogP contribution is -2.43. The molecule has 0 spiro atoms. The molecule has 5 heteroatoms. The molecule has 1 aliphatic carbocycles. The van der Waals surface area contributed by atoms with Crippen molar-refractivity contribution in [3.05, 3.63) is 23.2 Å². The molecule has 1 unspecified atom stereocenters. The maximum Gasteiger partial charge on any atom is 0.241 e. The summed E-state index contributed by atoms with van der Waals surface area (Å²) in [5.41, 5.74) is 6.97. The highest BCUT2D eigenvalue weighted by atomic mass is 35.5. The number of halogens is 1. The number of nitrogens with one attached hydrogen (secondary N) is 1. The van der Waals surface area contributed by atoms with Gasteiger partial charge >= 0.3 is 0 Å². The Kier molecular flexibility index (Phi) is 4.89. The molecular formula is C15H22ClN3O. The molecule has 1 amide bonds. The minimum absolute atomic E-state index is 0.0284. The third kappa shape index (κ3) is 3.64. The van der Waals surface area contributed by atoms with Gasteiger partial charge in [-0.05, 0) is 50.9 Å². The van der Waals surface area contributed by atoms with Crippen molar-refractivity contribution in [2.24, 2.45) is 0 Å². The number of anilines is 2. The minimum atomic E-state index is -0.152. The van der Waals surface area contributed by atoms with Crippen LogP contribution in [-0.4, -0.2) is 29.4 Å². The van der Waals surface area contributed by atoms with Crippen LogP contribution in [0, 0.1) is 0 Å². The van der Waals surface area contributed by atoms with E-state index < -0.39 is 0 Å². The van der Waals surface area contributed by atoms with Crippen LogP contribution >= 0.6 is 11.6 Å². The Morgan fingerprint density at radius 3 is 2.85 bits per heavy atom. The fourth-order valence-electron chi connectivity index (χ4n) is 2.38. The number of carbonyl (C=O) groups is 1. The van der Waals surface area contributed by atoms with Crippen LogP contribution in [0.4, 0.5) is 11.4 Å². The Labute approximate surface area is 125 Å². The molecule has 0 saturated heterocycles. The van der Waals surface area contributed by atoms with Crippen molar-refractivity contribution < 1.29 is 4.79 Å². The molecule has 1 atom stereocenters. The van der Waals surface area contributed by atoms with Crippen molar-refractivity contribution in [3.8, 4) is 0 Å². The predicted molar refractivity (Wildman–Crippen MR) is 84.0 cm³/mol. The number of hydrogen-bond donors (Lipinski definition) is 2. The van der Waals surface area contributed by atoms with Gasteiger partial charge in [0.25, 0.3) is 0 Å². The first-order valence-corrected chi connectivity index (χ1v) is 7.52. The first kappa shape index (κ1) is 15.1. The van der Waals surface area contributed by atoms with E-state index in [-0.39, 0.29) is 11.9 Å². The zero-order valence-corrected chi connectivity index (χ0v) is 12.8. The van der Waals surface area contributed by atoms with E-state index in [4.69, 9.17) is 17.3 Å². The van der Waals surface area contributed by atoms with Crippen molar-refractivity contribution in [1.82, 2.24) is 4.90 Å². The fourth-order valence-corrected chi connectivity index (χ4v) is 2.55. The summed E-state index contributed by atoms with van der Waals surface area (Å²) in [5, 5.41) is 3.45. The van der Waals surface area contributed by atoms with E-state index in [1.165, 1.54) is 12.8 Å². The van der Waals surface area contributed by atoms with Crippen LogP contribution in [0.15, 0.2) is 18.2 Å². The number of benzene rings is 1. The summed E-state index contributed by atoms with van der Waals surface area (Å²) in [6.07, 6.45) is 3.43. The third-order valence-corrected chi connectivity index (χ3v) is 3.88. The average Bonchev–Trinajstić information content (AvgIpc) is 3.23. The van der Waals surface area contributed by atoms with Crippen LogP contribution in [0.25, 0.3) is 0 Å². The van der Waals surface area contributed by atoms with Crippen LogP contribution < -0.4 is 11.1 Å². The van der Waals surface area contributed by atoms with Crippen molar-refractivity contribution in [2.75, 3.05) is 17.6 Å². The number of amides is 1. The van der Waals surface area contributed by atoms with Crippen LogP contribution in [0.1, 0.15) is 33.1 Å². The molecule has 1 aromatic rings. The number of carbonyl (C=O) groups excluding carboxylic acids is 1. The SMILES string of the molecule is CCCN(C1CC1)C(C)C(=O)Nc1cc(Cl)ccc1N. The maximum atomic E-state index is 12.4. The first-order valence-electron chi connectivity index (χ1n) is 7.14. The van der Waals surface area contributed by atoms with Gasteiger partial charge in [0, 0.05) is 11.1 Å². The van der Waals surface area contributed by atoms with Crippen molar-refractivity contribution >= 4 is 28.9 Å². The van der Waals surface area contributed by atoms with E-state index in [1.54, 1.807) is 18.2 Å². The van der Waals surface area contributed by atoms with Gasteiger partial charge in [-0.25, -0.2) is 0 Å². The summed E-state index contributed by atoms with van der Waals surface area (Å²) in [7, 11) is 0. The highest BCUT2D eigenvalue weighted by molar-refractivity contribution is 6.31. The molecule has 3 N–H and O–H groups in total. The van der Waals surface area contributed by atoms with Crippen LogP contribution in [0.2, 0.25) is 5.02 Å². The topological polar surface area (TPSA) is 58.4 Å². The van der Waals surface area contributed by atoms with Crippen LogP contribution in [0.3, 0.4) is 0 Å². The highest BCUT2D eigenvalue weighted by Crippen LogP contribution is 2.29. The first-order chi connectivity index (χ1) is 9.52. The molecule has 1 aliphatic rings. The number of rotatable bonds is 6. The van der Waals surface area contributed by atoms with Gasteiger partial charge in [0.05, 0.1) is 17.4 Å². The van der Waals surface area contributed by atoms with E-state index in [0.29, 0.717) is 22.4 Å². The molecular weight excluding hydrogens is 274 g/mol. The summed E-state index contributed by atoms with van der Waals surface area (Å²) < 4.78 is 0. The summed E-state index contributed by atoms with van der Waals surface area (Å²) in [6, 6.07) is 5.51. The Morgan fingerprint density at radius 2 is 2.25 bits per heavy atom. The van der Waals surface area contributed by atoms with Gasteiger partial charge in [-0.15, -0.1) is 0 Å². The monoisotopic (exact) mass is 295 g/mol. The van der Waals surface area contributed by atoms with Gasteiger partial charge in [0.1, 0.15) is 0 Å². The van der Waals surface area contributed by atoms with Crippen molar-refractivity contribution in [3.63, 3.8) is 0 Å². The Hall–Kier alpha value is -1.26. The second-order valence-corrected chi connectivity index (χ2v) is 5.80. The summed E-state index contributed by atoms with van der Waals surface area (Å²) in [6.45, 7) is 5.03. The molecule has 0 aliphatic heterocycles. The minimum Gasteiger partial charge on any atom is -0.397 e. The number of nitrogens with two attached hydrogens (primary N) is 1. The molecule has 20 heavy (non-hydrogen) atoms. The maximum absolute atomic E-state index is 12.4. The number of hydrogen-bond acceptors (Lipinski definition) is 3. The number of nitrogens with zero attached hydrogens (tertiary/aromatic N) is 1. The molecule has 1 aromatic carbocycles. The smallest absolute Gasteiger partial charge is 0.241 e. The molecule has 0 radical (unpaired) electrons. The molecule has 0 bridgehead atoms. The highest BCUT2D eigenvalue weighted by Gasteiger charge is 2.34. The normalized spacial score (nSPS) is 16.2. The van der Waals surface area contributed by atoms with E-state index >= 15 is 0 Å². The zero-order chi connectivity index (χ0) is 14.7. The second kappa shape index (κ2) is 6.46. The van der Waals surface area contributed by atoms with Gasteiger partial charge < -0.3 is 11.1 Å². The quantitative estimate of drug-likeness (QED) is 0.793. The third-order valence-electron chi connectivity index (χ3n) is 3.65. The van der Waals surface area contributed by atoms with E-state index in [9.17, 15) is 4.79 Å². The molecule has 2 rings (SSSR count). The van der Waals surface area contributed by atoms with Crippen LogP contribution in [-0.2, 0) is 4.79 Å². The van der Waals surface area contributed by atoms with Gasteiger partial charge in [0.15, 0.2) is 0 Å².